The third-order valence-electron chi connectivity index (χ3n) is 3.34. The second kappa shape index (κ2) is 5.98. The van der Waals surface area contributed by atoms with E-state index in [9.17, 15) is 4.79 Å². The minimum atomic E-state index is 0.214. The van der Waals surface area contributed by atoms with Gasteiger partial charge < -0.3 is 15.4 Å². The Morgan fingerprint density at radius 1 is 1.33 bits per heavy atom. The molecular weight excluding hydrogens is 228 g/mol. The van der Waals surface area contributed by atoms with Crippen molar-refractivity contribution in [1.29, 1.82) is 0 Å². The van der Waals surface area contributed by atoms with Crippen molar-refractivity contribution in [2.75, 3.05) is 20.2 Å². The van der Waals surface area contributed by atoms with Crippen molar-refractivity contribution in [2.45, 2.75) is 19.6 Å². The van der Waals surface area contributed by atoms with E-state index in [0.29, 0.717) is 32.0 Å². The standard InChI is InChI=1S/C14H20N2O2/c1-18-10-12-4-2-11(3-5-12)8-16-9-13(7-15)6-14(16)17/h2-5,13H,6-10,15H2,1H3. The predicted molar refractivity (Wildman–Crippen MR) is 69.7 cm³/mol. The fraction of sp³-hybridized carbons (Fsp3) is 0.500. The molecule has 1 amide bonds. The molecule has 2 rings (SSSR count). The van der Waals surface area contributed by atoms with Gasteiger partial charge in [-0.15, -0.1) is 0 Å². The lowest BCUT2D eigenvalue weighted by molar-refractivity contribution is -0.128. The molecule has 4 heteroatoms. The van der Waals surface area contributed by atoms with Crippen molar-refractivity contribution < 1.29 is 9.53 Å². The number of methoxy groups -OCH3 is 1. The first-order chi connectivity index (χ1) is 8.72. The van der Waals surface area contributed by atoms with Crippen LogP contribution in [0.2, 0.25) is 0 Å². The molecule has 0 saturated carbocycles. The smallest absolute Gasteiger partial charge is 0.223 e. The number of nitrogens with two attached hydrogens (primary N) is 1. The van der Waals surface area contributed by atoms with Crippen LogP contribution in [0.25, 0.3) is 0 Å². The third kappa shape index (κ3) is 3.09. The average Bonchev–Trinajstić information content (AvgIpc) is 2.73. The van der Waals surface area contributed by atoms with Crippen LogP contribution in [0.3, 0.4) is 0 Å². The van der Waals surface area contributed by atoms with Crippen LogP contribution >= 0.6 is 0 Å². The summed E-state index contributed by atoms with van der Waals surface area (Å²) >= 11 is 0. The molecule has 18 heavy (non-hydrogen) atoms. The fourth-order valence-corrected chi connectivity index (χ4v) is 2.29. The highest BCUT2D eigenvalue weighted by atomic mass is 16.5. The number of ether oxygens (including phenoxy) is 1. The van der Waals surface area contributed by atoms with Gasteiger partial charge in [0.15, 0.2) is 0 Å². The zero-order valence-corrected chi connectivity index (χ0v) is 10.8. The molecule has 1 fully saturated rings. The van der Waals surface area contributed by atoms with Gasteiger partial charge in [-0.2, -0.15) is 0 Å². The largest absolute Gasteiger partial charge is 0.380 e. The number of carbonyl (C=O) groups excluding carboxylic acids is 1. The first-order valence-corrected chi connectivity index (χ1v) is 6.27. The van der Waals surface area contributed by atoms with Crippen LogP contribution in [0.4, 0.5) is 0 Å². The highest BCUT2D eigenvalue weighted by Crippen LogP contribution is 2.19. The van der Waals surface area contributed by atoms with E-state index in [0.717, 1.165) is 17.7 Å². The second-order valence-electron chi connectivity index (χ2n) is 4.83. The molecule has 98 valence electrons. The monoisotopic (exact) mass is 248 g/mol. The number of rotatable bonds is 5. The molecule has 1 unspecified atom stereocenters. The molecule has 1 aliphatic heterocycles. The summed E-state index contributed by atoms with van der Waals surface area (Å²) in [4.78, 5) is 13.7. The minimum Gasteiger partial charge on any atom is -0.380 e. The molecule has 0 radical (unpaired) electrons. The zero-order valence-electron chi connectivity index (χ0n) is 10.8. The Hall–Kier alpha value is -1.39. The van der Waals surface area contributed by atoms with Gasteiger partial charge in [-0.05, 0) is 23.6 Å². The van der Waals surface area contributed by atoms with E-state index < -0.39 is 0 Å². The van der Waals surface area contributed by atoms with Gasteiger partial charge in [0, 0.05) is 26.6 Å². The molecule has 1 aromatic carbocycles. The van der Waals surface area contributed by atoms with Crippen LogP contribution in [-0.2, 0) is 22.7 Å². The molecule has 1 aliphatic rings. The Morgan fingerprint density at radius 2 is 2.00 bits per heavy atom. The number of likely N-dealkylation sites (tertiary alicyclic amines) is 1. The number of amides is 1. The lowest BCUT2D eigenvalue weighted by Crippen LogP contribution is -2.25. The predicted octanol–water partition coefficient (Wildman–Crippen LogP) is 1.14. The molecule has 1 saturated heterocycles. The van der Waals surface area contributed by atoms with E-state index in [2.05, 4.69) is 12.1 Å². The van der Waals surface area contributed by atoms with E-state index >= 15 is 0 Å². The van der Waals surface area contributed by atoms with Crippen molar-refractivity contribution in [1.82, 2.24) is 4.90 Å². The zero-order chi connectivity index (χ0) is 13.0. The highest BCUT2D eigenvalue weighted by Gasteiger charge is 2.28. The maximum Gasteiger partial charge on any atom is 0.223 e. The van der Waals surface area contributed by atoms with Crippen LogP contribution in [-0.4, -0.2) is 31.0 Å². The van der Waals surface area contributed by atoms with E-state index in [1.807, 2.05) is 17.0 Å². The summed E-state index contributed by atoms with van der Waals surface area (Å²) in [7, 11) is 1.68. The van der Waals surface area contributed by atoms with Crippen LogP contribution in [0.1, 0.15) is 17.5 Å². The summed E-state index contributed by atoms with van der Waals surface area (Å²) in [6.07, 6.45) is 0.595. The normalized spacial score (nSPS) is 19.6. The van der Waals surface area contributed by atoms with Crippen molar-refractivity contribution >= 4 is 5.91 Å². The lowest BCUT2D eigenvalue weighted by atomic mass is 10.1. The van der Waals surface area contributed by atoms with Gasteiger partial charge >= 0.3 is 0 Å². The van der Waals surface area contributed by atoms with Crippen LogP contribution in [0.5, 0.6) is 0 Å². The van der Waals surface area contributed by atoms with Gasteiger partial charge in [0.1, 0.15) is 0 Å². The molecular formula is C14H20N2O2. The second-order valence-corrected chi connectivity index (χ2v) is 4.83. The summed E-state index contributed by atoms with van der Waals surface area (Å²) < 4.78 is 5.07. The first kappa shape index (κ1) is 13.1. The van der Waals surface area contributed by atoms with Gasteiger partial charge in [-0.25, -0.2) is 0 Å². The van der Waals surface area contributed by atoms with Gasteiger partial charge in [0.25, 0.3) is 0 Å². The van der Waals surface area contributed by atoms with Crippen LogP contribution in [0, 0.1) is 5.92 Å². The lowest BCUT2D eigenvalue weighted by Gasteiger charge is -2.16. The van der Waals surface area contributed by atoms with E-state index in [4.69, 9.17) is 10.5 Å². The Kier molecular flexibility index (Phi) is 4.33. The number of hydrogen-bond donors (Lipinski definition) is 1. The summed E-state index contributed by atoms with van der Waals surface area (Å²) in [5, 5.41) is 0. The molecule has 1 aromatic rings. The van der Waals surface area contributed by atoms with Gasteiger partial charge in [0.05, 0.1) is 6.61 Å². The van der Waals surface area contributed by atoms with E-state index in [-0.39, 0.29) is 5.91 Å². The molecule has 2 N–H and O–H groups in total. The van der Waals surface area contributed by atoms with Gasteiger partial charge in [0.2, 0.25) is 5.91 Å². The van der Waals surface area contributed by atoms with E-state index in [1.54, 1.807) is 7.11 Å². The SMILES string of the molecule is COCc1ccc(CN2CC(CN)CC2=O)cc1. The quantitative estimate of drug-likeness (QED) is 0.850. The molecule has 0 aliphatic carbocycles. The fourth-order valence-electron chi connectivity index (χ4n) is 2.29. The van der Waals surface area contributed by atoms with Gasteiger partial charge in [-0.1, -0.05) is 24.3 Å². The number of hydrogen-bond acceptors (Lipinski definition) is 3. The van der Waals surface area contributed by atoms with Crippen molar-refractivity contribution in [3.63, 3.8) is 0 Å². The van der Waals surface area contributed by atoms with Crippen LogP contribution in [0.15, 0.2) is 24.3 Å². The number of carbonyl (C=O) groups is 1. The molecule has 4 nitrogen and oxygen atoms in total. The van der Waals surface area contributed by atoms with Gasteiger partial charge in [-0.3, -0.25) is 4.79 Å². The van der Waals surface area contributed by atoms with Crippen molar-refractivity contribution in [3.8, 4) is 0 Å². The summed E-state index contributed by atoms with van der Waals surface area (Å²) in [6, 6.07) is 8.19. The third-order valence-corrected chi connectivity index (χ3v) is 3.34. The van der Waals surface area contributed by atoms with E-state index in [1.165, 1.54) is 0 Å². The summed E-state index contributed by atoms with van der Waals surface area (Å²) in [5.74, 6) is 0.539. The Bertz CT molecular complexity index is 403. The number of nitrogens with zero attached hydrogens (tertiary/aromatic N) is 1. The van der Waals surface area contributed by atoms with Crippen LogP contribution < -0.4 is 5.73 Å². The maximum absolute atomic E-state index is 11.8. The summed E-state index contributed by atoms with van der Waals surface area (Å²) in [6.45, 7) is 2.69. The molecule has 0 aromatic heterocycles. The Morgan fingerprint density at radius 3 is 2.56 bits per heavy atom. The van der Waals surface area contributed by atoms with Crippen molar-refractivity contribution in [2.24, 2.45) is 11.7 Å². The van der Waals surface area contributed by atoms with Crippen molar-refractivity contribution in [3.05, 3.63) is 35.4 Å². The number of benzene rings is 1. The molecule has 0 bridgehead atoms. The maximum atomic E-state index is 11.8. The average molecular weight is 248 g/mol. The highest BCUT2D eigenvalue weighted by molar-refractivity contribution is 5.78. The minimum absolute atomic E-state index is 0.214. The molecule has 1 heterocycles. The Balaban J connectivity index is 1.95. The summed E-state index contributed by atoms with van der Waals surface area (Å²) in [5.41, 5.74) is 7.91. The topological polar surface area (TPSA) is 55.6 Å². The molecule has 1 atom stereocenters. The molecule has 0 spiro atoms. The first-order valence-electron chi connectivity index (χ1n) is 6.27. The Labute approximate surface area is 108 Å².